The molecule has 0 aromatic heterocycles. The van der Waals surface area contributed by atoms with Crippen LogP contribution < -0.4 is 0 Å². The van der Waals surface area contributed by atoms with E-state index in [2.05, 4.69) is 62.4 Å². The molecule has 1 aromatic carbocycles. The third-order valence-corrected chi connectivity index (χ3v) is 9.08. The van der Waals surface area contributed by atoms with Crippen molar-refractivity contribution in [2.45, 2.75) is 102 Å². The average molecular weight is 503 g/mol. The normalized spacial score (nSPS) is 32.4. The van der Waals surface area contributed by atoms with Gasteiger partial charge in [-0.2, -0.15) is 0 Å². The van der Waals surface area contributed by atoms with Crippen molar-refractivity contribution in [2.75, 3.05) is 0 Å². The average Bonchev–Trinajstić information content (AvgIpc) is 3.65. The van der Waals surface area contributed by atoms with E-state index in [0.717, 1.165) is 74.5 Å². The Labute approximate surface area is 222 Å². The molecule has 0 aliphatic heterocycles. The maximum atomic E-state index is 13.7. The largest absolute Gasteiger partial charge is 0.458 e. The molecule has 4 atom stereocenters. The highest BCUT2D eigenvalue weighted by Gasteiger charge is 2.58. The highest BCUT2D eigenvalue weighted by molar-refractivity contribution is 5.75. The molecule has 0 bridgehead atoms. The molecule has 4 nitrogen and oxygen atoms in total. The fourth-order valence-electron chi connectivity index (χ4n) is 6.75. The summed E-state index contributed by atoms with van der Waals surface area (Å²) in [6.07, 6.45) is 20.5. The summed E-state index contributed by atoms with van der Waals surface area (Å²) in [4.78, 5) is 27.2. The standard InChI is InChI=1S/C33H42O4/c1-23-14-12-13-21-28(23)33-22-27(33)20-11-3-6-15-24(2)29(36-31(34)25-16-7-4-8-17-25)30(33)37-32(35)26-18-9-5-10-19-26/h3,6,11-14,20-22,24-26,29-30H,4-5,7-10,15-19H2,1-2H3/b6-3-,20-11-/t24?,29?,30?,33-/m1/s1. The molecule has 5 rings (SSSR count). The van der Waals surface area contributed by atoms with E-state index >= 15 is 0 Å². The summed E-state index contributed by atoms with van der Waals surface area (Å²) in [6.45, 7) is 4.24. The summed E-state index contributed by atoms with van der Waals surface area (Å²) >= 11 is 0. The van der Waals surface area contributed by atoms with E-state index in [9.17, 15) is 9.59 Å². The van der Waals surface area contributed by atoms with Crippen molar-refractivity contribution < 1.29 is 19.1 Å². The van der Waals surface area contributed by atoms with Gasteiger partial charge in [0.25, 0.3) is 0 Å². The van der Waals surface area contributed by atoms with E-state index < -0.39 is 17.6 Å². The van der Waals surface area contributed by atoms with Crippen molar-refractivity contribution in [3.63, 3.8) is 0 Å². The maximum Gasteiger partial charge on any atom is 0.309 e. The van der Waals surface area contributed by atoms with Crippen LogP contribution in [0, 0.1) is 24.7 Å². The van der Waals surface area contributed by atoms with Crippen molar-refractivity contribution in [3.8, 4) is 0 Å². The van der Waals surface area contributed by atoms with E-state index in [0.29, 0.717) is 0 Å². The third-order valence-electron chi connectivity index (χ3n) is 9.08. The number of esters is 2. The van der Waals surface area contributed by atoms with Crippen molar-refractivity contribution in [3.05, 3.63) is 71.3 Å². The van der Waals surface area contributed by atoms with Gasteiger partial charge in [0, 0.05) is 5.92 Å². The highest BCUT2D eigenvalue weighted by Crippen LogP contribution is 2.55. The second kappa shape index (κ2) is 11.4. The first-order valence-electron chi connectivity index (χ1n) is 14.5. The maximum absolute atomic E-state index is 13.7. The minimum absolute atomic E-state index is 0.00981. The van der Waals surface area contributed by atoms with Crippen LogP contribution in [0.2, 0.25) is 0 Å². The number of rotatable bonds is 5. The van der Waals surface area contributed by atoms with Gasteiger partial charge in [0.2, 0.25) is 0 Å². The molecule has 37 heavy (non-hydrogen) atoms. The molecule has 0 amide bonds. The molecule has 3 unspecified atom stereocenters. The molecule has 2 saturated carbocycles. The van der Waals surface area contributed by atoms with Gasteiger partial charge in [-0.05, 0) is 55.7 Å². The Bertz CT molecular complexity index is 1070. The van der Waals surface area contributed by atoms with Crippen LogP contribution in [-0.2, 0) is 24.5 Å². The summed E-state index contributed by atoms with van der Waals surface area (Å²) < 4.78 is 13.0. The van der Waals surface area contributed by atoms with Crippen LogP contribution in [0.15, 0.2) is 60.2 Å². The molecule has 0 saturated heterocycles. The predicted molar refractivity (Wildman–Crippen MR) is 146 cm³/mol. The Morgan fingerprint density at radius 3 is 2.11 bits per heavy atom. The zero-order chi connectivity index (χ0) is 25.8. The zero-order valence-corrected chi connectivity index (χ0v) is 22.5. The monoisotopic (exact) mass is 502 g/mol. The van der Waals surface area contributed by atoms with E-state index in [-0.39, 0.29) is 29.7 Å². The molecule has 0 heterocycles. The molecule has 2 fully saturated rings. The molecular formula is C33H42O4. The highest BCUT2D eigenvalue weighted by atomic mass is 16.6. The lowest BCUT2D eigenvalue weighted by molar-refractivity contribution is -0.181. The Hall–Kier alpha value is -2.62. The molecule has 0 N–H and O–H groups in total. The van der Waals surface area contributed by atoms with Crippen molar-refractivity contribution in [1.29, 1.82) is 0 Å². The summed E-state index contributed by atoms with van der Waals surface area (Å²) in [5.41, 5.74) is 2.83. The van der Waals surface area contributed by atoms with Gasteiger partial charge in [0.15, 0.2) is 6.10 Å². The van der Waals surface area contributed by atoms with Gasteiger partial charge in [-0.3, -0.25) is 9.59 Å². The van der Waals surface area contributed by atoms with Gasteiger partial charge < -0.3 is 9.47 Å². The molecule has 4 heteroatoms. The van der Waals surface area contributed by atoms with Crippen molar-refractivity contribution in [1.82, 2.24) is 0 Å². The Kier molecular flexibility index (Phi) is 8.02. The Balaban J connectivity index is 1.54. The smallest absolute Gasteiger partial charge is 0.309 e. The quantitative estimate of drug-likeness (QED) is 0.396. The molecule has 1 aromatic rings. The molecule has 0 spiro atoms. The number of hydrogen-bond donors (Lipinski definition) is 0. The minimum Gasteiger partial charge on any atom is -0.458 e. The number of allylic oxidation sites excluding steroid dienone is 4. The Morgan fingerprint density at radius 2 is 1.46 bits per heavy atom. The topological polar surface area (TPSA) is 52.6 Å². The van der Waals surface area contributed by atoms with E-state index in [4.69, 9.17) is 9.47 Å². The van der Waals surface area contributed by atoms with Crippen LogP contribution in [0.3, 0.4) is 0 Å². The number of hydrogen-bond acceptors (Lipinski definition) is 4. The van der Waals surface area contributed by atoms with E-state index in [1.165, 1.54) is 12.8 Å². The van der Waals surface area contributed by atoms with E-state index in [1.54, 1.807) is 0 Å². The van der Waals surface area contributed by atoms with E-state index in [1.807, 2.05) is 6.07 Å². The summed E-state index contributed by atoms with van der Waals surface area (Å²) in [5.74, 6) is -0.354. The van der Waals surface area contributed by atoms with Gasteiger partial charge in [0.1, 0.15) is 6.10 Å². The number of benzene rings is 1. The fraction of sp³-hybridized carbons (Fsp3) is 0.576. The first-order valence-corrected chi connectivity index (χ1v) is 14.5. The van der Waals surface area contributed by atoms with Crippen molar-refractivity contribution in [2.24, 2.45) is 17.8 Å². The molecule has 198 valence electrons. The summed E-state index contributed by atoms with van der Waals surface area (Å²) in [6, 6.07) is 8.35. The van der Waals surface area contributed by atoms with Gasteiger partial charge >= 0.3 is 11.9 Å². The van der Waals surface area contributed by atoms with Crippen LogP contribution in [0.4, 0.5) is 0 Å². The fourth-order valence-corrected chi connectivity index (χ4v) is 6.75. The zero-order valence-electron chi connectivity index (χ0n) is 22.5. The second-order valence-electron chi connectivity index (χ2n) is 11.7. The molecule has 0 radical (unpaired) electrons. The predicted octanol–water partition coefficient (Wildman–Crippen LogP) is 7.31. The van der Waals surface area contributed by atoms with Gasteiger partial charge in [-0.15, -0.1) is 0 Å². The molecular weight excluding hydrogens is 460 g/mol. The molecule has 4 aliphatic carbocycles. The number of ether oxygens (including phenoxy) is 2. The SMILES string of the molecule is Cc1ccccc1[C@@]12C=C1/C=C\C=C/CC(C)C(OC(=O)C1CCCCC1)C2OC(=O)C1CCCCC1. The lowest BCUT2D eigenvalue weighted by atomic mass is 9.76. The number of carbonyl (C=O) groups is 2. The molecule has 4 aliphatic rings. The summed E-state index contributed by atoms with van der Waals surface area (Å²) in [7, 11) is 0. The number of fused-ring (bicyclic) bond motifs is 1. The van der Waals surface area contributed by atoms with Crippen LogP contribution in [-0.4, -0.2) is 24.1 Å². The lowest BCUT2D eigenvalue weighted by Gasteiger charge is -2.39. The third kappa shape index (κ3) is 5.49. The summed E-state index contributed by atoms with van der Waals surface area (Å²) in [5, 5.41) is 0. The Morgan fingerprint density at radius 1 is 0.838 bits per heavy atom. The van der Waals surface area contributed by atoms with Gasteiger partial charge in [-0.25, -0.2) is 0 Å². The van der Waals surface area contributed by atoms with Crippen LogP contribution in [0.5, 0.6) is 0 Å². The number of carbonyl (C=O) groups excluding carboxylic acids is 2. The van der Waals surface area contributed by atoms with Crippen LogP contribution in [0.25, 0.3) is 0 Å². The minimum atomic E-state index is -0.586. The first-order chi connectivity index (χ1) is 18.0. The van der Waals surface area contributed by atoms with Gasteiger partial charge in [-0.1, -0.05) is 100 Å². The number of aryl methyl sites for hydroxylation is 1. The van der Waals surface area contributed by atoms with Crippen LogP contribution >= 0.6 is 0 Å². The van der Waals surface area contributed by atoms with Gasteiger partial charge in [0.05, 0.1) is 17.3 Å². The van der Waals surface area contributed by atoms with Crippen molar-refractivity contribution >= 4 is 11.9 Å². The first kappa shape index (κ1) is 26.0. The second-order valence-corrected chi connectivity index (χ2v) is 11.7. The van der Waals surface area contributed by atoms with Crippen LogP contribution in [0.1, 0.15) is 88.7 Å². The lowest BCUT2D eigenvalue weighted by Crippen LogP contribution is -2.50.